The molecule has 6 heteroatoms. The molecule has 0 radical (unpaired) electrons. The quantitative estimate of drug-likeness (QED) is 0.775. The standard InChI is InChI=1S/C21H20N2O4/c1-23-16-10-17(27-3)20-19(14(16)8-9-18(23)24)21(25)15(11-22-20)12-4-6-13(26-2)7-5-12/h4-7,10-11H,8-9H2,1-3H3,(H,22,25). The molecule has 1 N–H and O–H groups in total. The summed E-state index contributed by atoms with van der Waals surface area (Å²) in [6.07, 6.45) is 2.63. The van der Waals surface area contributed by atoms with Crippen molar-refractivity contribution in [3.8, 4) is 22.6 Å². The Morgan fingerprint density at radius 1 is 1.04 bits per heavy atom. The number of H-pyrrole nitrogens is 1. The van der Waals surface area contributed by atoms with Crippen molar-refractivity contribution in [2.45, 2.75) is 12.8 Å². The summed E-state index contributed by atoms with van der Waals surface area (Å²) in [6.45, 7) is 0. The summed E-state index contributed by atoms with van der Waals surface area (Å²) in [5.74, 6) is 1.31. The fourth-order valence-electron chi connectivity index (χ4n) is 3.66. The maximum atomic E-state index is 13.4. The second kappa shape index (κ2) is 6.46. The minimum absolute atomic E-state index is 0.0339. The summed E-state index contributed by atoms with van der Waals surface area (Å²) in [5, 5.41) is 0.581. The van der Waals surface area contributed by atoms with Gasteiger partial charge in [-0.25, -0.2) is 0 Å². The molecule has 0 unspecified atom stereocenters. The van der Waals surface area contributed by atoms with Crippen LogP contribution >= 0.6 is 0 Å². The van der Waals surface area contributed by atoms with Gasteiger partial charge in [-0.1, -0.05) is 12.1 Å². The molecule has 27 heavy (non-hydrogen) atoms. The summed E-state index contributed by atoms with van der Waals surface area (Å²) in [6, 6.07) is 9.19. The molecule has 4 rings (SSSR count). The van der Waals surface area contributed by atoms with Crippen LogP contribution in [0, 0.1) is 0 Å². The second-order valence-corrected chi connectivity index (χ2v) is 6.54. The lowest BCUT2D eigenvalue weighted by Crippen LogP contribution is -2.32. The molecule has 3 aromatic rings. The largest absolute Gasteiger partial charge is 0.497 e. The third kappa shape index (κ3) is 2.65. The van der Waals surface area contributed by atoms with E-state index in [-0.39, 0.29) is 11.3 Å². The Morgan fingerprint density at radius 3 is 2.44 bits per heavy atom. The number of amides is 1. The highest BCUT2D eigenvalue weighted by Crippen LogP contribution is 2.37. The van der Waals surface area contributed by atoms with Crippen LogP contribution in [-0.4, -0.2) is 32.2 Å². The molecule has 0 bridgehead atoms. The topological polar surface area (TPSA) is 71.6 Å². The van der Waals surface area contributed by atoms with Crippen LogP contribution in [0.15, 0.2) is 41.3 Å². The molecule has 0 fully saturated rings. The number of nitrogens with one attached hydrogen (secondary N) is 1. The minimum Gasteiger partial charge on any atom is -0.497 e. The molecule has 0 saturated heterocycles. The van der Waals surface area contributed by atoms with Crippen LogP contribution in [0.25, 0.3) is 22.0 Å². The molecule has 138 valence electrons. The van der Waals surface area contributed by atoms with Gasteiger partial charge in [0.15, 0.2) is 5.43 Å². The van der Waals surface area contributed by atoms with Crippen LogP contribution < -0.4 is 19.8 Å². The van der Waals surface area contributed by atoms with E-state index in [1.165, 1.54) is 0 Å². The van der Waals surface area contributed by atoms with E-state index in [9.17, 15) is 9.59 Å². The predicted molar refractivity (Wildman–Crippen MR) is 105 cm³/mol. The highest BCUT2D eigenvalue weighted by molar-refractivity contribution is 6.03. The molecule has 6 nitrogen and oxygen atoms in total. The van der Waals surface area contributed by atoms with Crippen LogP contribution in [0.2, 0.25) is 0 Å². The van der Waals surface area contributed by atoms with Crippen molar-refractivity contribution in [1.82, 2.24) is 4.98 Å². The Kier molecular flexibility index (Phi) is 4.11. The first-order valence-corrected chi connectivity index (χ1v) is 8.71. The third-order valence-electron chi connectivity index (χ3n) is 5.15. The van der Waals surface area contributed by atoms with Crippen molar-refractivity contribution in [3.63, 3.8) is 0 Å². The van der Waals surface area contributed by atoms with Gasteiger partial charge in [-0.3, -0.25) is 9.59 Å². The number of anilines is 1. The number of fused-ring (bicyclic) bond motifs is 3. The van der Waals surface area contributed by atoms with Crippen LogP contribution in [-0.2, 0) is 11.2 Å². The fraction of sp³-hybridized carbons (Fsp3) is 0.238. The second-order valence-electron chi connectivity index (χ2n) is 6.54. The third-order valence-corrected chi connectivity index (χ3v) is 5.15. The van der Waals surface area contributed by atoms with E-state index in [0.717, 1.165) is 22.6 Å². The molecule has 0 atom stereocenters. The minimum atomic E-state index is -0.0770. The van der Waals surface area contributed by atoms with Crippen LogP contribution in [0.3, 0.4) is 0 Å². The Hall–Kier alpha value is -3.28. The van der Waals surface area contributed by atoms with E-state index in [4.69, 9.17) is 9.47 Å². The van der Waals surface area contributed by atoms with E-state index < -0.39 is 0 Å². The number of benzene rings is 2. The van der Waals surface area contributed by atoms with Gasteiger partial charge in [0.1, 0.15) is 11.5 Å². The van der Waals surface area contributed by atoms with E-state index in [1.807, 2.05) is 30.3 Å². The lowest BCUT2D eigenvalue weighted by molar-refractivity contribution is -0.118. The Labute approximate surface area is 156 Å². The number of aryl methyl sites for hydroxylation is 1. The lowest BCUT2D eigenvalue weighted by Gasteiger charge is -2.27. The molecule has 1 aliphatic rings. The Bertz CT molecular complexity index is 1100. The smallest absolute Gasteiger partial charge is 0.227 e. The summed E-state index contributed by atoms with van der Waals surface area (Å²) >= 11 is 0. The number of rotatable bonds is 3. The molecule has 0 saturated carbocycles. The average molecular weight is 364 g/mol. The van der Waals surface area contributed by atoms with Gasteiger partial charge in [-0.05, 0) is 29.7 Å². The van der Waals surface area contributed by atoms with Crippen molar-refractivity contribution in [1.29, 1.82) is 0 Å². The monoisotopic (exact) mass is 364 g/mol. The predicted octanol–water partition coefficient (Wildman–Crippen LogP) is 3.12. The zero-order valence-electron chi connectivity index (χ0n) is 15.5. The average Bonchev–Trinajstić information content (AvgIpc) is 2.70. The van der Waals surface area contributed by atoms with Crippen molar-refractivity contribution >= 4 is 22.5 Å². The zero-order valence-corrected chi connectivity index (χ0v) is 15.5. The SMILES string of the molecule is COc1ccc(-c2c[nH]c3c(OC)cc4c(c3c2=O)CCC(=O)N4C)cc1. The van der Waals surface area contributed by atoms with Gasteiger partial charge in [-0.2, -0.15) is 0 Å². The number of hydrogen-bond donors (Lipinski definition) is 1. The summed E-state index contributed by atoms with van der Waals surface area (Å²) < 4.78 is 10.7. The number of nitrogens with zero attached hydrogens (tertiary/aromatic N) is 1. The molecule has 2 aromatic carbocycles. The van der Waals surface area contributed by atoms with Gasteiger partial charge in [0.25, 0.3) is 0 Å². The Balaban J connectivity index is 2.01. The van der Waals surface area contributed by atoms with E-state index in [1.54, 1.807) is 32.4 Å². The molecule has 2 heterocycles. The van der Waals surface area contributed by atoms with Crippen molar-refractivity contribution in [3.05, 3.63) is 52.3 Å². The van der Waals surface area contributed by atoms with Crippen LogP contribution in [0.4, 0.5) is 5.69 Å². The number of hydrogen-bond acceptors (Lipinski definition) is 4. The van der Waals surface area contributed by atoms with Crippen molar-refractivity contribution < 1.29 is 14.3 Å². The molecule has 1 aromatic heterocycles. The maximum absolute atomic E-state index is 13.4. The van der Waals surface area contributed by atoms with Gasteiger partial charge in [-0.15, -0.1) is 0 Å². The molecular weight excluding hydrogens is 344 g/mol. The molecule has 1 aliphatic heterocycles. The number of aromatic amines is 1. The molecular formula is C21H20N2O4. The number of methoxy groups -OCH3 is 2. The van der Waals surface area contributed by atoms with Gasteiger partial charge < -0.3 is 19.4 Å². The fourth-order valence-corrected chi connectivity index (χ4v) is 3.66. The number of carbonyl (C=O) groups excluding carboxylic acids is 1. The molecule has 0 spiro atoms. The summed E-state index contributed by atoms with van der Waals surface area (Å²) in [7, 11) is 4.89. The first-order chi connectivity index (χ1) is 13.0. The molecule has 0 aliphatic carbocycles. The van der Waals surface area contributed by atoms with Crippen LogP contribution in [0.5, 0.6) is 11.5 Å². The normalized spacial score (nSPS) is 13.6. The van der Waals surface area contributed by atoms with Crippen LogP contribution in [0.1, 0.15) is 12.0 Å². The first kappa shape index (κ1) is 17.1. The molecule has 1 amide bonds. The van der Waals surface area contributed by atoms with E-state index >= 15 is 0 Å². The van der Waals surface area contributed by atoms with Gasteiger partial charge >= 0.3 is 0 Å². The Morgan fingerprint density at radius 2 is 1.78 bits per heavy atom. The number of carbonyl (C=O) groups is 1. The highest BCUT2D eigenvalue weighted by atomic mass is 16.5. The lowest BCUT2D eigenvalue weighted by atomic mass is 9.94. The van der Waals surface area contributed by atoms with Gasteiger partial charge in [0.2, 0.25) is 5.91 Å². The van der Waals surface area contributed by atoms with E-state index in [2.05, 4.69) is 4.98 Å². The first-order valence-electron chi connectivity index (χ1n) is 8.71. The highest BCUT2D eigenvalue weighted by Gasteiger charge is 2.26. The van der Waals surface area contributed by atoms with E-state index in [0.29, 0.717) is 35.1 Å². The van der Waals surface area contributed by atoms with Gasteiger partial charge in [0.05, 0.1) is 30.8 Å². The zero-order chi connectivity index (χ0) is 19.1. The maximum Gasteiger partial charge on any atom is 0.227 e. The number of pyridine rings is 1. The summed E-state index contributed by atoms with van der Waals surface area (Å²) in [4.78, 5) is 30.3. The van der Waals surface area contributed by atoms with Gasteiger partial charge in [0, 0.05) is 31.3 Å². The van der Waals surface area contributed by atoms with Crippen molar-refractivity contribution in [2.24, 2.45) is 0 Å². The number of aromatic nitrogens is 1. The summed E-state index contributed by atoms with van der Waals surface area (Å²) in [5.41, 5.74) is 3.56. The van der Waals surface area contributed by atoms with Crippen molar-refractivity contribution in [2.75, 3.05) is 26.2 Å². The number of ether oxygens (including phenoxy) is 2.